The van der Waals surface area contributed by atoms with Crippen LogP contribution in [0.2, 0.25) is 0 Å². The van der Waals surface area contributed by atoms with Crippen LogP contribution in [0, 0.1) is 11.8 Å². The molecule has 5 nitrogen and oxygen atoms in total. The number of hydrogen-bond acceptors (Lipinski definition) is 3. The quantitative estimate of drug-likeness (QED) is 0.714. The number of carboxylic acids is 1. The van der Waals surface area contributed by atoms with Crippen molar-refractivity contribution in [3.05, 3.63) is 0 Å². The molecule has 0 aliphatic carbocycles. The number of aliphatic carboxylic acids is 1. The van der Waals surface area contributed by atoms with Crippen LogP contribution in [0.4, 0.5) is 0 Å². The minimum Gasteiger partial charge on any atom is -0.481 e. The number of carbonyl (C=O) groups excluding carboxylic acids is 1. The third-order valence-corrected chi connectivity index (χ3v) is 3.28. The van der Waals surface area contributed by atoms with Crippen LogP contribution in [0.25, 0.3) is 0 Å². The first-order valence-electron chi connectivity index (χ1n) is 6.25. The zero-order chi connectivity index (χ0) is 12.8. The number of nitrogens with one attached hydrogen (secondary N) is 1. The topological polar surface area (TPSA) is 69.6 Å². The van der Waals surface area contributed by atoms with Crippen LogP contribution in [0.5, 0.6) is 0 Å². The van der Waals surface area contributed by atoms with Crippen LogP contribution in [-0.2, 0) is 9.59 Å². The summed E-state index contributed by atoms with van der Waals surface area (Å²) in [5.41, 5.74) is 0. The van der Waals surface area contributed by atoms with Gasteiger partial charge in [0.25, 0.3) is 0 Å². The summed E-state index contributed by atoms with van der Waals surface area (Å²) in [5.74, 6) is -0.856. The number of nitrogens with zero attached hydrogens (tertiary/aromatic N) is 1. The highest BCUT2D eigenvalue weighted by atomic mass is 16.4. The molecule has 1 aliphatic rings. The van der Waals surface area contributed by atoms with Gasteiger partial charge in [0, 0.05) is 19.5 Å². The average Bonchev–Trinajstić information content (AvgIpc) is 2.77. The van der Waals surface area contributed by atoms with E-state index in [1.807, 2.05) is 6.92 Å². The van der Waals surface area contributed by atoms with E-state index in [0.29, 0.717) is 25.4 Å². The Balaban J connectivity index is 2.42. The smallest absolute Gasteiger partial charge is 0.308 e. The lowest BCUT2D eigenvalue weighted by atomic mass is 10.0. The molecular weight excluding hydrogens is 220 g/mol. The second-order valence-corrected chi connectivity index (χ2v) is 4.73. The lowest BCUT2D eigenvalue weighted by molar-refractivity contribution is -0.143. The van der Waals surface area contributed by atoms with Crippen LogP contribution in [0.1, 0.15) is 26.7 Å². The Morgan fingerprint density at radius 3 is 2.71 bits per heavy atom. The molecule has 1 aliphatic heterocycles. The highest BCUT2D eigenvalue weighted by Crippen LogP contribution is 2.14. The van der Waals surface area contributed by atoms with E-state index >= 15 is 0 Å². The number of carbonyl (C=O) groups is 2. The maximum atomic E-state index is 12.0. The van der Waals surface area contributed by atoms with Gasteiger partial charge < -0.3 is 15.3 Å². The Kier molecular flexibility index (Phi) is 5.41. The van der Waals surface area contributed by atoms with E-state index in [2.05, 4.69) is 5.32 Å². The molecule has 98 valence electrons. The van der Waals surface area contributed by atoms with Gasteiger partial charge in [-0.05, 0) is 32.4 Å². The van der Waals surface area contributed by atoms with Crippen LogP contribution < -0.4 is 5.32 Å². The summed E-state index contributed by atoms with van der Waals surface area (Å²) in [4.78, 5) is 24.4. The largest absolute Gasteiger partial charge is 0.481 e. The second kappa shape index (κ2) is 6.59. The summed E-state index contributed by atoms with van der Waals surface area (Å²) >= 11 is 0. The van der Waals surface area contributed by atoms with Crippen LogP contribution in [0.15, 0.2) is 0 Å². The molecule has 0 bridgehead atoms. The Hall–Kier alpha value is -1.10. The molecule has 0 aromatic carbocycles. The normalized spacial score (nSPS) is 21.2. The molecule has 5 heteroatoms. The molecule has 17 heavy (non-hydrogen) atoms. The number of amides is 1. The summed E-state index contributed by atoms with van der Waals surface area (Å²) in [6.07, 6.45) is 1.57. The van der Waals surface area contributed by atoms with Crippen molar-refractivity contribution in [1.29, 1.82) is 0 Å². The first-order valence-corrected chi connectivity index (χ1v) is 6.25. The highest BCUT2D eigenvalue weighted by Gasteiger charge is 2.23. The maximum Gasteiger partial charge on any atom is 0.308 e. The number of rotatable bonds is 6. The molecule has 1 amide bonds. The van der Waals surface area contributed by atoms with Gasteiger partial charge in [0.2, 0.25) is 5.91 Å². The molecule has 1 heterocycles. The SMILES string of the molecule is CCN(CC(C)C(=O)O)C(=O)CC1CCNC1. The van der Waals surface area contributed by atoms with Gasteiger partial charge in [-0.2, -0.15) is 0 Å². The molecular formula is C12H22N2O3. The van der Waals surface area contributed by atoms with Gasteiger partial charge >= 0.3 is 5.97 Å². The van der Waals surface area contributed by atoms with Crippen LogP contribution in [-0.4, -0.2) is 48.1 Å². The third-order valence-electron chi connectivity index (χ3n) is 3.28. The molecule has 2 unspecified atom stereocenters. The fourth-order valence-corrected chi connectivity index (χ4v) is 2.08. The zero-order valence-electron chi connectivity index (χ0n) is 10.6. The molecule has 0 spiro atoms. The fraction of sp³-hybridized carbons (Fsp3) is 0.833. The summed E-state index contributed by atoms with van der Waals surface area (Å²) in [6.45, 7) is 6.30. The van der Waals surface area contributed by atoms with Crippen molar-refractivity contribution in [3.63, 3.8) is 0 Å². The lowest BCUT2D eigenvalue weighted by Crippen LogP contribution is -2.37. The van der Waals surface area contributed by atoms with Gasteiger partial charge in [-0.25, -0.2) is 0 Å². The number of carboxylic acid groups (broad SMARTS) is 1. The Bertz CT molecular complexity index is 275. The average molecular weight is 242 g/mol. The lowest BCUT2D eigenvalue weighted by Gasteiger charge is -2.24. The summed E-state index contributed by atoms with van der Waals surface area (Å²) in [5, 5.41) is 12.1. The van der Waals surface area contributed by atoms with Gasteiger partial charge in [-0.15, -0.1) is 0 Å². The summed E-state index contributed by atoms with van der Waals surface area (Å²) in [7, 11) is 0. The Morgan fingerprint density at radius 2 is 2.24 bits per heavy atom. The number of hydrogen-bond donors (Lipinski definition) is 2. The van der Waals surface area contributed by atoms with Gasteiger partial charge in [-0.3, -0.25) is 9.59 Å². The molecule has 0 aromatic heterocycles. The van der Waals surface area contributed by atoms with Crippen molar-refractivity contribution in [2.24, 2.45) is 11.8 Å². The third kappa shape index (κ3) is 4.34. The van der Waals surface area contributed by atoms with E-state index in [1.165, 1.54) is 0 Å². The van der Waals surface area contributed by atoms with Gasteiger partial charge in [0.05, 0.1) is 5.92 Å². The zero-order valence-corrected chi connectivity index (χ0v) is 10.6. The molecule has 2 atom stereocenters. The van der Waals surface area contributed by atoms with Crippen molar-refractivity contribution in [3.8, 4) is 0 Å². The van der Waals surface area contributed by atoms with E-state index in [1.54, 1.807) is 11.8 Å². The van der Waals surface area contributed by atoms with E-state index in [0.717, 1.165) is 19.5 Å². The van der Waals surface area contributed by atoms with Gasteiger partial charge in [-0.1, -0.05) is 6.92 Å². The molecule has 0 aromatic rings. The fourth-order valence-electron chi connectivity index (χ4n) is 2.08. The Labute approximate surface area is 102 Å². The predicted octanol–water partition coefficient (Wildman–Crippen LogP) is 0.555. The predicted molar refractivity (Wildman–Crippen MR) is 64.6 cm³/mol. The molecule has 1 saturated heterocycles. The first kappa shape index (κ1) is 14.0. The molecule has 1 fully saturated rings. The minimum atomic E-state index is -0.848. The molecule has 1 rings (SSSR count). The second-order valence-electron chi connectivity index (χ2n) is 4.73. The molecule has 2 N–H and O–H groups in total. The van der Waals surface area contributed by atoms with Crippen LogP contribution in [0.3, 0.4) is 0 Å². The molecule has 0 saturated carbocycles. The van der Waals surface area contributed by atoms with Crippen LogP contribution >= 0.6 is 0 Å². The first-order chi connectivity index (χ1) is 8.04. The monoisotopic (exact) mass is 242 g/mol. The van der Waals surface area contributed by atoms with Crippen molar-refractivity contribution in [1.82, 2.24) is 10.2 Å². The minimum absolute atomic E-state index is 0.0781. The standard InChI is InChI=1S/C12H22N2O3/c1-3-14(8-9(2)12(16)17)11(15)6-10-4-5-13-7-10/h9-10,13H,3-8H2,1-2H3,(H,16,17). The van der Waals surface area contributed by atoms with E-state index in [4.69, 9.17) is 5.11 Å². The summed E-state index contributed by atoms with van der Waals surface area (Å²) in [6, 6.07) is 0. The maximum absolute atomic E-state index is 12.0. The highest BCUT2D eigenvalue weighted by molar-refractivity contribution is 5.77. The van der Waals surface area contributed by atoms with Crippen molar-refractivity contribution < 1.29 is 14.7 Å². The Morgan fingerprint density at radius 1 is 1.53 bits per heavy atom. The van der Waals surface area contributed by atoms with E-state index in [-0.39, 0.29) is 5.91 Å². The van der Waals surface area contributed by atoms with E-state index < -0.39 is 11.9 Å². The van der Waals surface area contributed by atoms with Gasteiger partial charge in [0.15, 0.2) is 0 Å². The van der Waals surface area contributed by atoms with Crippen molar-refractivity contribution >= 4 is 11.9 Å². The van der Waals surface area contributed by atoms with Crippen molar-refractivity contribution in [2.75, 3.05) is 26.2 Å². The van der Waals surface area contributed by atoms with Crippen molar-refractivity contribution in [2.45, 2.75) is 26.7 Å². The molecule has 0 radical (unpaired) electrons. The van der Waals surface area contributed by atoms with E-state index in [9.17, 15) is 9.59 Å². The summed E-state index contributed by atoms with van der Waals surface area (Å²) < 4.78 is 0. The van der Waals surface area contributed by atoms with Gasteiger partial charge in [0.1, 0.15) is 0 Å².